The van der Waals surface area contributed by atoms with Gasteiger partial charge in [-0.1, -0.05) is 18.6 Å². The highest BCUT2D eigenvalue weighted by Gasteiger charge is 2.18. The molecule has 0 spiro atoms. The highest BCUT2D eigenvalue weighted by molar-refractivity contribution is 7.13. The van der Waals surface area contributed by atoms with Crippen LogP contribution in [0.3, 0.4) is 0 Å². The van der Waals surface area contributed by atoms with Crippen LogP contribution in [0.4, 0.5) is 5.13 Å². The molecule has 2 heterocycles. The Hall–Kier alpha value is -2.14. The van der Waals surface area contributed by atoms with Gasteiger partial charge in [0.15, 0.2) is 5.13 Å². The molecule has 0 saturated carbocycles. The fourth-order valence-electron chi connectivity index (χ4n) is 3.25. The molecule has 1 aliphatic carbocycles. The number of nitrogens with zero attached hydrogens (tertiary/aromatic N) is 1. The van der Waals surface area contributed by atoms with Gasteiger partial charge in [0.05, 0.1) is 11.1 Å². The van der Waals surface area contributed by atoms with Crippen molar-refractivity contribution >= 4 is 33.3 Å². The number of aromatic amines is 1. The molecule has 0 radical (unpaired) electrons. The van der Waals surface area contributed by atoms with E-state index in [1.807, 2.05) is 17.5 Å². The second kappa shape index (κ2) is 5.57. The molecule has 112 valence electrons. The number of carbonyl (C=O) groups excluding carboxylic acids is 1. The van der Waals surface area contributed by atoms with Crippen LogP contribution in [0.15, 0.2) is 29.8 Å². The number of H-pyrrole nitrogens is 1. The smallest absolute Gasteiger partial charge is 0.259 e. The van der Waals surface area contributed by atoms with Gasteiger partial charge < -0.3 is 4.98 Å². The Labute approximate surface area is 132 Å². The molecular formula is C17H17N3OS. The SMILES string of the molecule is O=C(Nc1nccs1)c1cccc2c3c([nH]c12)CCCCC3. The van der Waals surface area contributed by atoms with Crippen molar-refractivity contribution in [3.05, 3.63) is 46.6 Å². The fourth-order valence-corrected chi connectivity index (χ4v) is 3.77. The van der Waals surface area contributed by atoms with Crippen molar-refractivity contribution < 1.29 is 4.79 Å². The summed E-state index contributed by atoms with van der Waals surface area (Å²) in [5.74, 6) is -0.100. The molecule has 0 fully saturated rings. The lowest BCUT2D eigenvalue weighted by Gasteiger charge is -2.04. The average molecular weight is 311 g/mol. The molecule has 1 aromatic carbocycles. The van der Waals surface area contributed by atoms with Gasteiger partial charge in [-0.15, -0.1) is 11.3 Å². The highest BCUT2D eigenvalue weighted by Crippen LogP contribution is 2.30. The van der Waals surface area contributed by atoms with Crippen molar-refractivity contribution in [3.8, 4) is 0 Å². The minimum absolute atomic E-state index is 0.100. The maximum atomic E-state index is 12.5. The van der Waals surface area contributed by atoms with E-state index in [0.717, 1.165) is 18.4 Å². The Morgan fingerprint density at radius 3 is 3.00 bits per heavy atom. The Bertz CT molecular complexity index is 820. The number of aromatic nitrogens is 2. The van der Waals surface area contributed by atoms with Crippen molar-refractivity contribution in [2.75, 3.05) is 5.32 Å². The number of thiazole rings is 1. The Kier molecular flexibility index (Phi) is 3.42. The second-order valence-corrected chi connectivity index (χ2v) is 6.56. The van der Waals surface area contributed by atoms with Crippen LogP contribution in [0.25, 0.3) is 10.9 Å². The van der Waals surface area contributed by atoms with Crippen molar-refractivity contribution in [1.29, 1.82) is 0 Å². The molecule has 0 bridgehead atoms. The third kappa shape index (κ3) is 2.31. The lowest BCUT2D eigenvalue weighted by molar-refractivity contribution is 0.102. The topological polar surface area (TPSA) is 57.8 Å². The van der Waals surface area contributed by atoms with Gasteiger partial charge in [-0.2, -0.15) is 0 Å². The van der Waals surface area contributed by atoms with Crippen LogP contribution in [0.2, 0.25) is 0 Å². The zero-order valence-electron chi connectivity index (χ0n) is 12.2. The number of para-hydroxylation sites is 1. The number of hydrogen-bond donors (Lipinski definition) is 2. The Balaban J connectivity index is 1.76. The molecule has 2 N–H and O–H groups in total. The minimum Gasteiger partial charge on any atom is -0.358 e. The summed E-state index contributed by atoms with van der Waals surface area (Å²) in [5, 5.41) is 6.56. The van der Waals surface area contributed by atoms with Gasteiger partial charge in [-0.25, -0.2) is 4.98 Å². The normalized spacial score (nSPS) is 14.5. The zero-order valence-corrected chi connectivity index (χ0v) is 13.0. The zero-order chi connectivity index (χ0) is 14.9. The first-order valence-electron chi connectivity index (χ1n) is 7.66. The first-order valence-corrected chi connectivity index (χ1v) is 8.54. The Morgan fingerprint density at radius 1 is 1.23 bits per heavy atom. The van der Waals surface area contributed by atoms with E-state index in [0.29, 0.717) is 10.7 Å². The molecule has 1 amide bonds. The predicted octanol–water partition coefficient (Wildman–Crippen LogP) is 4.15. The molecule has 4 rings (SSSR count). The standard InChI is InChI=1S/C17H17N3OS/c21-16(20-17-18-9-10-22-17)13-7-4-6-12-11-5-2-1-3-8-14(11)19-15(12)13/h4,6-7,9-10,19H,1-3,5,8H2,(H,18,20,21). The average Bonchev–Trinajstić information content (AvgIpc) is 3.09. The summed E-state index contributed by atoms with van der Waals surface area (Å²) < 4.78 is 0. The summed E-state index contributed by atoms with van der Waals surface area (Å²) in [4.78, 5) is 20.2. The number of hydrogen-bond acceptors (Lipinski definition) is 3. The summed E-state index contributed by atoms with van der Waals surface area (Å²) >= 11 is 1.43. The molecule has 3 aromatic rings. The molecule has 2 aromatic heterocycles. The van der Waals surface area contributed by atoms with Crippen LogP contribution in [0.5, 0.6) is 0 Å². The lowest BCUT2D eigenvalue weighted by Crippen LogP contribution is -2.12. The van der Waals surface area contributed by atoms with Gasteiger partial charge >= 0.3 is 0 Å². The maximum Gasteiger partial charge on any atom is 0.259 e. The summed E-state index contributed by atoms with van der Waals surface area (Å²) in [7, 11) is 0. The fraction of sp³-hybridized carbons (Fsp3) is 0.294. The molecule has 0 aliphatic heterocycles. The molecule has 4 nitrogen and oxygen atoms in total. The van der Waals surface area contributed by atoms with E-state index in [4.69, 9.17) is 0 Å². The quantitative estimate of drug-likeness (QED) is 0.699. The number of carbonyl (C=O) groups is 1. The highest BCUT2D eigenvalue weighted by atomic mass is 32.1. The monoisotopic (exact) mass is 311 g/mol. The largest absolute Gasteiger partial charge is 0.358 e. The van der Waals surface area contributed by atoms with Crippen molar-refractivity contribution in [2.45, 2.75) is 32.1 Å². The van der Waals surface area contributed by atoms with Crippen molar-refractivity contribution in [2.24, 2.45) is 0 Å². The van der Waals surface area contributed by atoms with Gasteiger partial charge in [0.1, 0.15) is 0 Å². The van der Waals surface area contributed by atoms with E-state index in [2.05, 4.69) is 21.4 Å². The molecule has 1 aliphatic rings. The number of rotatable bonds is 2. The van der Waals surface area contributed by atoms with Crippen molar-refractivity contribution in [1.82, 2.24) is 9.97 Å². The molecule has 5 heteroatoms. The van der Waals surface area contributed by atoms with Gasteiger partial charge in [-0.3, -0.25) is 10.1 Å². The van der Waals surface area contributed by atoms with Gasteiger partial charge in [0, 0.05) is 22.7 Å². The van der Waals surface area contributed by atoms with Crippen LogP contribution in [-0.4, -0.2) is 15.9 Å². The molecule has 0 atom stereocenters. The number of anilines is 1. The third-order valence-electron chi connectivity index (χ3n) is 4.28. The third-order valence-corrected chi connectivity index (χ3v) is 4.97. The van der Waals surface area contributed by atoms with Crippen LogP contribution >= 0.6 is 11.3 Å². The van der Waals surface area contributed by atoms with E-state index in [1.54, 1.807) is 6.20 Å². The first kappa shape index (κ1) is 13.5. The number of benzene rings is 1. The van der Waals surface area contributed by atoms with E-state index in [1.165, 1.54) is 47.2 Å². The molecule has 0 saturated heterocycles. The predicted molar refractivity (Wildman–Crippen MR) is 89.6 cm³/mol. The summed E-state index contributed by atoms with van der Waals surface area (Å²) in [5.41, 5.74) is 4.36. The van der Waals surface area contributed by atoms with Crippen LogP contribution in [0.1, 0.15) is 40.9 Å². The van der Waals surface area contributed by atoms with E-state index < -0.39 is 0 Å². The first-order chi connectivity index (χ1) is 10.8. The van der Waals surface area contributed by atoms with Crippen LogP contribution in [0, 0.1) is 0 Å². The number of aryl methyl sites for hydroxylation is 2. The second-order valence-electron chi connectivity index (χ2n) is 5.66. The Morgan fingerprint density at radius 2 is 2.14 bits per heavy atom. The van der Waals surface area contributed by atoms with E-state index >= 15 is 0 Å². The van der Waals surface area contributed by atoms with Crippen LogP contribution in [-0.2, 0) is 12.8 Å². The summed E-state index contributed by atoms with van der Waals surface area (Å²) in [6.45, 7) is 0. The number of fused-ring (bicyclic) bond motifs is 3. The number of amides is 1. The van der Waals surface area contributed by atoms with Crippen LogP contribution < -0.4 is 5.32 Å². The maximum absolute atomic E-state index is 12.5. The molecule has 22 heavy (non-hydrogen) atoms. The van der Waals surface area contributed by atoms with E-state index in [9.17, 15) is 4.79 Å². The van der Waals surface area contributed by atoms with Gasteiger partial charge in [0.2, 0.25) is 0 Å². The minimum atomic E-state index is -0.100. The van der Waals surface area contributed by atoms with Crippen molar-refractivity contribution in [3.63, 3.8) is 0 Å². The summed E-state index contributed by atoms with van der Waals surface area (Å²) in [6, 6.07) is 5.97. The van der Waals surface area contributed by atoms with E-state index in [-0.39, 0.29) is 5.91 Å². The lowest BCUT2D eigenvalue weighted by atomic mass is 10.0. The van der Waals surface area contributed by atoms with Gasteiger partial charge in [0.25, 0.3) is 5.91 Å². The molecular weight excluding hydrogens is 294 g/mol. The molecule has 0 unspecified atom stereocenters. The van der Waals surface area contributed by atoms with Gasteiger partial charge in [-0.05, 0) is 37.3 Å². The summed E-state index contributed by atoms with van der Waals surface area (Å²) in [6.07, 6.45) is 7.62. The number of nitrogens with one attached hydrogen (secondary N) is 2.